The van der Waals surface area contributed by atoms with Gasteiger partial charge in [-0.2, -0.15) is 0 Å². The fourth-order valence-corrected chi connectivity index (χ4v) is 4.05. The van der Waals surface area contributed by atoms with E-state index >= 15 is 0 Å². The first-order chi connectivity index (χ1) is 5.88. The van der Waals surface area contributed by atoms with Crippen LogP contribution in [0.3, 0.4) is 0 Å². The van der Waals surface area contributed by atoms with E-state index in [1.165, 1.54) is 0 Å². The van der Waals surface area contributed by atoms with Crippen molar-refractivity contribution in [2.45, 2.75) is 37.4 Å². The van der Waals surface area contributed by atoms with Crippen LogP contribution in [0.1, 0.15) is 33.1 Å². The standard InChI is InChI=1S/C10H13BrO2/c1-8(2)7(13)10(11)4-3-9(8,5-10)6-12/h6H,3-5H2,1-2H3. The van der Waals surface area contributed by atoms with Crippen molar-refractivity contribution in [3.8, 4) is 0 Å². The lowest BCUT2D eigenvalue weighted by Crippen LogP contribution is -2.43. The Morgan fingerprint density at radius 1 is 1.38 bits per heavy atom. The summed E-state index contributed by atoms with van der Waals surface area (Å²) in [4.78, 5) is 23.1. The van der Waals surface area contributed by atoms with Crippen LogP contribution in [0.2, 0.25) is 0 Å². The molecule has 2 atom stereocenters. The third-order valence-corrected chi connectivity index (χ3v) is 5.04. The van der Waals surface area contributed by atoms with Gasteiger partial charge in [-0.25, -0.2) is 0 Å². The Kier molecular flexibility index (Phi) is 1.62. The van der Waals surface area contributed by atoms with Crippen molar-refractivity contribution >= 4 is 28.0 Å². The number of hydrogen-bond donors (Lipinski definition) is 0. The van der Waals surface area contributed by atoms with E-state index in [2.05, 4.69) is 15.9 Å². The summed E-state index contributed by atoms with van der Waals surface area (Å²) < 4.78 is -0.391. The zero-order valence-corrected chi connectivity index (χ0v) is 9.48. The van der Waals surface area contributed by atoms with Crippen LogP contribution in [0.25, 0.3) is 0 Å². The summed E-state index contributed by atoms with van der Waals surface area (Å²) in [5, 5.41) is 0. The van der Waals surface area contributed by atoms with Crippen LogP contribution >= 0.6 is 15.9 Å². The van der Waals surface area contributed by atoms with E-state index in [-0.39, 0.29) is 5.78 Å². The number of aldehydes is 1. The maximum atomic E-state index is 12.0. The summed E-state index contributed by atoms with van der Waals surface area (Å²) in [6.07, 6.45) is 3.35. The highest BCUT2D eigenvalue weighted by Gasteiger charge is 2.69. The van der Waals surface area contributed by atoms with E-state index in [0.717, 1.165) is 19.1 Å². The van der Waals surface area contributed by atoms with Gasteiger partial charge in [0.05, 0.1) is 4.32 Å². The van der Waals surface area contributed by atoms with Gasteiger partial charge >= 0.3 is 0 Å². The van der Waals surface area contributed by atoms with E-state index in [9.17, 15) is 9.59 Å². The molecule has 2 aliphatic carbocycles. The molecule has 0 amide bonds. The van der Waals surface area contributed by atoms with Crippen LogP contribution < -0.4 is 0 Å². The maximum absolute atomic E-state index is 12.0. The minimum absolute atomic E-state index is 0.207. The Balaban J connectivity index is 2.55. The van der Waals surface area contributed by atoms with Crippen LogP contribution in [0.15, 0.2) is 0 Å². The van der Waals surface area contributed by atoms with Gasteiger partial charge in [-0.1, -0.05) is 29.8 Å². The smallest absolute Gasteiger partial charge is 0.156 e. The Hall–Kier alpha value is -0.180. The normalized spacial score (nSPS) is 46.8. The van der Waals surface area contributed by atoms with E-state index in [1.54, 1.807) is 0 Å². The molecule has 2 bridgehead atoms. The molecule has 0 aliphatic heterocycles. The lowest BCUT2D eigenvalue weighted by molar-refractivity contribution is -0.136. The minimum Gasteiger partial charge on any atom is -0.303 e. The lowest BCUT2D eigenvalue weighted by atomic mass is 9.65. The Morgan fingerprint density at radius 2 is 2.00 bits per heavy atom. The molecule has 0 heterocycles. The van der Waals surface area contributed by atoms with E-state index in [1.807, 2.05) is 13.8 Å². The second kappa shape index (κ2) is 2.25. The number of fused-ring (bicyclic) bond motifs is 2. The largest absolute Gasteiger partial charge is 0.303 e. The fraction of sp³-hybridized carbons (Fsp3) is 0.800. The molecule has 2 unspecified atom stereocenters. The van der Waals surface area contributed by atoms with Crippen LogP contribution in [-0.4, -0.2) is 16.4 Å². The fourth-order valence-electron chi connectivity index (χ4n) is 2.86. The number of ketones is 1. The van der Waals surface area contributed by atoms with E-state index < -0.39 is 15.2 Å². The summed E-state index contributed by atoms with van der Waals surface area (Å²) in [6, 6.07) is 0. The van der Waals surface area contributed by atoms with Crippen molar-refractivity contribution in [2.24, 2.45) is 10.8 Å². The Bertz CT molecular complexity index is 297. The zero-order chi connectivity index (χ0) is 9.91. The molecule has 0 aromatic heterocycles. The van der Waals surface area contributed by atoms with E-state index in [4.69, 9.17) is 0 Å². The second-order valence-corrected chi connectivity index (χ2v) is 6.39. The molecule has 0 aromatic rings. The predicted octanol–water partition coefficient (Wildman–Crippen LogP) is 2.10. The monoisotopic (exact) mass is 244 g/mol. The average Bonchev–Trinajstić information content (AvgIpc) is 2.49. The van der Waals surface area contributed by atoms with Crippen LogP contribution in [0, 0.1) is 10.8 Å². The quantitative estimate of drug-likeness (QED) is 0.523. The molecule has 2 fully saturated rings. The first-order valence-electron chi connectivity index (χ1n) is 4.58. The molecular formula is C10H13BrO2. The molecule has 3 heteroatoms. The van der Waals surface area contributed by atoms with Crippen molar-refractivity contribution in [2.75, 3.05) is 0 Å². The summed E-state index contributed by atoms with van der Waals surface area (Å²) in [7, 11) is 0. The SMILES string of the molecule is CC1(C)C(=O)C2(Br)CCC1(C=O)C2. The van der Waals surface area contributed by atoms with Gasteiger partial charge in [0.2, 0.25) is 0 Å². The highest BCUT2D eigenvalue weighted by molar-refractivity contribution is 9.10. The number of carbonyl (C=O) groups is 2. The predicted molar refractivity (Wildman–Crippen MR) is 52.8 cm³/mol. The molecule has 0 spiro atoms. The van der Waals surface area contributed by atoms with Gasteiger partial charge in [0.25, 0.3) is 0 Å². The summed E-state index contributed by atoms with van der Waals surface area (Å²) in [5.74, 6) is 0.207. The summed E-state index contributed by atoms with van der Waals surface area (Å²) in [5.41, 5.74) is -0.871. The van der Waals surface area contributed by atoms with Gasteiger partial charge in [0.15, 0.2) is 5.78 Å². The summed E-state index contributed by atoms with van der Waals surface area (Å²) in [6.45, 7) is 3.79. The third kappa shape index (κ3) is 0.841. The van der Waals surface area contributed by atoms with Crippen molar-refractivity contribution in [3.05, 3.63) is 0 Å². The first kappa shape index (κ1) is 9.38. The van der Waals surface area contributed by atoms with Crippen LogP contribution in [0.4, 0.5) is 0 Å². The van der Waals surface area contributed by atoms with E-state index in [0.29, 0.717) is 6.42 Å². The van der Waals surface area contributed by atoms with Gasteiger partial charge in [0.1, 0.15) is 6.29 Å². The molecular weight excluding hydrogens is 232 g/mol. The highest BCUT2D eigenvalue weighted by atomic mass is 79.9. The maximum Gasteiger partial charge on any atom is 0.156 e. The molecule has 2 nitrogen and oxygen atoms in total. The Labute approximate surface area is 86.2 Å². The highest BCUT2D eigenvalue weighted by Crippen LogP contribution is 2.65. The minimum atomic E-state index is -0.476. The second-order valence-electron chi connectivity index (χ2n) is 4.87. The molecule has 0 radical (unpaired) electrons. The van der Waals surface area contributed by atoms with Crippen molar-refractivity contribution in [1.82, 2.24) is 0 Å². The zero-order valence-electron chi connectivity index (χ0n) is 7.89. The molecule has 2 rings (SSSR count). The van der Waals surface area contributed by atoms with Gasteiger partial charge < -0.3 is 4.79 Å². The van der Waals surface area contributed by atoms with Crippen LogP contribution in [-0.2, 0) is 9.59 Å². The van der Waals surface area contributed by atoms with Crippen molar-refractivity contribution in [3.63, 3.8) is 0 Å². The molecule has 0 saturated heterocycles. The van der Waals surface area contributed by atoms with Gasteiger partial charge in [-0.05, 0) is 19.3 Å². The van der Waals surface area contributed by atoms with Crippen molar-refractivity contribution < 1.29 is 9.59 Å². The lowest BCUT2D eigenvalue weighted by Gasteiger charge is -2.36. The van der Waals surface area contributed by atoms with Gasteiger partial charge in [-0.3, -0.25) is 4.79 Å². The van der Waals surface area contributed by atoms with Gasteiger partial charge in [0, 0.05) is 10.8 Å². The average molecular weight is 245 g/mol. The topological polar surface area (TPSA) is 34.1 Å². The molecule has 2 saturated carbocycles. The molecule has 72 valence electrons. The van der Waals surface area contributed by atoms with Gasteiger partial charge in [-0.15, -0.1) is 0 Å². The first-order valence-corrected chi connectivity index (χ1v) is 5.37. The molecule has 0 aromatic carbocycles. The number of halogens is 1. The number of hydrogen-bond acceptors (Lipinski definition) is 2. The molecule has 13 heavy (non-hydrogen) atoms. The Morgan fingerprint density at radius 3 is 2.31 bits per heavy atom. The number of Topliss-reactive ketones (excluding diaryl/α,β-unsaturated/α-hetero) is 1. The number of alkyl halides is 1. The third-order valence-electron chi connectivity index (χ3n) is 4.01. The summed E-state index contributed by atoms with van der Waals surface area (Å²) >= 11 is 3.50. The van der Waals surface area contributed by atoms with Crippen LogP contribution in [0.5, 0.6) is 0 Å². The molecule has 0 N–H and O–H groups in total. The van der Waals surface area contributed by atoms with Crippen molar-refractivity contribution in [1.29, 1.82) is 0 Å². The number of rotatable bonds is 1. The number of carbonyl (C=O) groups excluding carboxylic acids is 2. The molecule has 2 aliphatic rings.